The second-order valence-electron chi connectivity index (χ2n) is 4.90. The molecule has 3 N–H and O–H groups in total. The first-order valence-corrected chi connectivity index (χ1v) is 6.99. The molecular weight excluding hydrogens is 264 g/mol. The predicted molar refractivity (Wildman–Crippen MR) is 85.4 cm³/mol. The van der Waals surface area contributed by atoms with Crippen LogP contribution in [-0.4, -0.2) is 12.5 Å². The first-order valence-electron chi connectivity index (χ1n) is 6.99. The van der Waals surface area contributed by atoms with Crippen molar-refractivity contribution in [2.45, 2.75) is 19.8 Å². The van der Waals surface area contributed by atoms with Crippen molar-refractivity contribution in [3.8, 4) is 5.75 Å². The Morgan fingerprint density at radius 1 is 1.14 bits per heavy atom. The smallest absolute Gasteiger partial charge is 0.224 e. The van der Waals surface area contributed by atoms with Gasteiger partial charge in [-0.25, -0.2) is 0 Å². The summed E-state index contributed by atoms with van der Waals surface area (Å²) in [6, 6.07) is 15.1. The lowest BCUT2D eigenvalue weighted by Gasteiger charge is -2.09. The van der Waals surface area contributed by atoms with E-state index < -0.39 is 0 Å². The van der Waals surface area contributed by atoms with Crippen molar-refractivity contribution >= 4 is 17.3 Å². The van der Waals surface area contributed by atoms with Crippen LogP contribution in [0.4, 0.5) is 11.4 Å². The summed E-state index contributed by atoms with van der Waals surface area (Å²) in [5, 5.41) is 2.86. The number of nitrogen functional groups attached to an aromatic ring is 1. The van der Waals surface area contributed by atoms with Gasteiger partial charge in [-0.2, -0.15) is 0 Å². The van der Waals surface area contributed by atoms with Crippen LogP contribution in [-0.2, 0) is 4.79 Å². The van der Waals surface area contributed by atoms with Crippen molar-refractivity contribution in [3.05, 3.63) is 54.1 Å². The van der Waals surface area contributed by atoms with Crippen molar-refractivity contribution in [1.82, 2.24) is 0 Å². The summed E-state index contributed by atoms with van der Waals surface area (Å²) in [6.07, 6.45) is 1.06. The van der Waals surface area contributed by atoms with Gasteiger partial charge in [0, 0.05) is 12.1 Å². The number of para-hydroxylation sites is 2. The van der Waals surface area contributed by atoms with Gasteiger partial charge in [-0.15, -0.1) is 0 Å². The van der Waals surface area contributed by atoms with E-state index in [1.807, 2.05) is 49.4 Å². The lowest BCUT2D eigenvalue weighted by Crippen LogP contribution is -2.12. The summed E-state index contributed by atoms with van der Waals surface area (Å²) in [5.74, 6) is 0.653. The molecule has 0 heterocycles. The van der Waals surface area contributed by atoms with E-state index in [-0.39, 0.29) is 5.91 Å². The number of carbonyl (C=O) groups is 1. The average Bonchev–Trinajstić information content (AvgIpc) is 2.48. The summed E-state index contributed by atoms with van der Waals surface area (Å²) >= 11 is 0. The molecule has 2 aromatic carbocycles. The summed E-state index contributed by atoms with van der Waals surface area (Å²) in [7, 11) is 0. The van der Waals surface area contributed by atoms with Gasteiger partial charge in [-0.05, 0) is 37.6 Å². The molecule has 110 valence electrons. The van der Waals surface area contributed by atoms with Gasteiger partial charge in [0.25, 0.3) is 0 Å². The molecule has 0 aliphatic heterocycles. The highest BCUT2D eigenvalue weighted by atomic mass is 16.5. The molecule has 0 fully saturated rings. The van der Waals surface area contributed by atoms with Gasteiger partial charge in [0.2, 0.25) is 5.91 Å². The number of hydrogen-bond acceptors (Lipinski definition) is 3. The molecule has 0 spiro atoms. The van der Waals surface area contributed by atoms with E-state index in [9.17, 15) is 4.79 Å². The topological polar surface area (TPSA) is 64.3 Å². The second kappa shape index (κ2) is 7.33. The van der Waals surface area contributed by atoms with E-state index in [0.29, 0.717) is 30.9 Å². The average molecular weight is 284 g/mol. The van der Waals surface area contributed by atoms with E-state index in [2.05, 4.69) is 5.32 Å². The van der Waals surface area contributed by atoms with Gasteiger partial charge in [-0.1, -0.05) is 29.8 Å². The third-order valence-electron chi connectivity index (χ3n) is 3.06. The Morgan fingerprint density at radius 2 is 1.86 bits per heavy atom. The second-order valence-corrected chi connectivity index (χ2v) is 4.90. The van der Waals surface area contributed by atoms with E-state index in [0.717, 1.165) is 5.69 Å². The van der Waals surface area contributed by atoms with E-state index in [4.69, 9.17) is 10.5 Å². The zero-order chi connectivity index (χ0) is 15.1. The normalized spacial score (nSPS) is 10.1. The zero-order valence-corrected chi connectivity index (χ0v) is 12.1. The monoisotopic (exact) mass is 284 g/mol. The molecular formula is C17H20N2O2. The fourth-order valence-electron chi connectivity index (χ4n) is 1.89. The van der Waals surface area contributed by atoms with Crippen LogP contribution in [0, 0.1) is 6.92 Å². The van der Waals surface area contributed by atoms with Crippen molar-refractivity contribution in [3.63, 3.8) is 0 Å². The first-order chi connectivity index (χ1) is 10.1. The maximum Gasteiger partial charge on any atom is 0.224 e. The summed E-state index contributed by atoms with van der Waals surface area (Å²) < 4.78 is 5.55. The van der Waals surface area contributed by atoms with Gasteiger partial charge in [0.15, 0.2) is 0 Å². The number of aryl methyl sites for hydroxylation is 1. The Bertz CT molecular complexity index is 594. The third-order valence-corrected chi connectivity index (χ3v) is 3.06. The number of anilines is 2. The molecule has 0 bridgehead atoms. The Labute approximate surface area is 124 Å². The summed E-state index contributed by atoms with van der Waals surface area (Å²) in [4.78, 5) is 11.8. The molecule has 4 nitrogen and oxygen atoms in total. The lowest BCUT2D eigenvalue weighted by atomic mass is 10.2. The van der Waals surface area contributed by atoms with Crippen LogP contribution in [0.5, 0.6) is 5.75 Å². The van der Waals surface area contributed by atoms with Crippen molar-refractivity contribution in [2.75, 3.05) is 17.7 Å². The minimum atomic E-state index is -0.0107. The molecule has 4 heteroatoms. The fourth-order valence-corrected chi connectivity index (χ4v) is 1.89. The van der Waals surface area contributed by atoms with Crippen LogP contribution in [0.25, 0.3) is 0 Å². The van der Waals surface area contributed by atoms with E-state index in [1.54, 1.807) is 6.07 Å². The molecule has 0 aromatic heterocycles. The fraction of sp³-hybridized carbons (Fsp3) is 0.235. The zero-order valence-electron chi connectivity index (χ0n) is 12.1. The Hall–Kier alpha value is -2.49. The van der Waals surface area contributed by atoms with E-state index >= 15 is 0 Å². The molecule has 0 saturated carbocycles. The largest absolute Gasteiger partial charge is 0.491 e. The number of carbonyl (C=O) groups excluding carboxylic acids is 1. The highest BCUT2D eigenvalue weighted by Gasteiger charge is 2.03. The number of rotatable bonds is 6. The SMILES string of the molecule is Cc1ccc(NC(=O)CCCOc2ccccc2N)cc1. The van der Waals surface area contributed by atoms with Crippen molar-refractivity contribution < 1.29 is 9.53 Å². The Balaban J connectivity index is 1.70. The number of ether oxygens (including phenoxy) is 1. The summed E-state index contributed by atoms with van der Waals surface area (Å²) in [5.41, 5.74) is 8.37. The van der Waals surface area contributed by atoms with Gasteiger partial charge < -0.3 is 15.8 Å². The van der Waals surface area contributed by atoms with Gasteiger partial charge >= 0.3 is 0 Å². The number of hydrogen-bond donors (Lipinski definition) is 2. The minimum Gasteiger partial charge on any atom is -0.491 e. The molecule has 2 rings (SSSR count). The van der Waals surface area contributed by atoms with Gasteiger partial charge in [0.05, 0.1) is 12.3 Å². The maximum atomic E-state index is 11.8. The molecule has 1 amide bonds. The molecule has 0 aliphatic rings. The first kappa shape index (κ1) is 14.9. The standard InChI is InChI=1S/C17H20N2O2/c1-13-8-10-14(11-9-13)19-17(20)7-4-12-21-16-6-3-2-5-15(16)18/h2-3,5-6,8-11H,4,7,12,18H2,1H3,(H,19,20). The maximum absolute atomic E-state index is 11.8. The van der Waals surface area contributed by atoms with Crippen LogP contribution in [0.1, 0.15) is 18.4 Å². The number of benzene rings is 2. The van der Waals surface area contributed by atoms with Crippen LogP contribution < -0.4 is 15.8 Å². The molecule has 0 saturated heterocycles. The number of nitrogens with two attached hydrogens (primary N) is 1. The van der Waals surface area contributed by atoms with Crippen molar-refractivity contribution in [2.24, 2.45) is 0 Å². The molecule has 21 heavy (non-hydrogen) atoms. The molecule has 0 atom stereocenters. The lowest BCUT2D eigenvalue weighted by molar-refractivity contribution is -0.116. The van der Waals surface area contributed by atoms with Crippen molar-refractivity contribution in [1.29, 1.82) is 0 Å². The number of nitrogens with one attached hydrogen (secondary N) is 1. The molecule has 2 aromatic rings. The quantitative estimate of drug-likeness (QED) is 0.631. The van der Waals surface area contributed by atoms with E-state index in [1.165, 1.54) is 5.56 Å². The van der Waals surface area contributed by atoms with Crippen LogP contribution in [0.3, 0.4) is 0 Å². The van der Waals surface area contributed by atoms with Crippen LogP contribution in [0.2, 0.25) is 0 Å². The Kier molecular flexibility index (Phi) is 5.21. The summed E-state index contributed by atoms with van der Waals surface area (Å²) in [6.45, 7) is 2.48. The van der Waals surface area contributed by atoms with Gasteiger partial charge in [0.1, 0.15) is 5.75 Å². The number of amides is 1. The van der Waals surface area contributed by atoms with Gasteiger partial charge in [-0.3, -0.25) is 4.79 Å². The Morgan fingerprint density at radius 3 is 2.57 bits per heavy atom. The third kappa shape index (κ3) is 4.84. The molecule has 0 unspecified atom stereocenters. The van der Waals surface area contributed by atoms with Crippen LogP contribution >= 0.6 is 0 Å². The minimum absolute atomic E-state index is 0.0107. The molecule has 0 aliphatic carbocycles. The molecule has 0 radical (unpaired) electrons. The highest BCUT2D eigenvalue weighted by molar-refractivity contribution is 5.90. The van der Waals surface area contributed by atoms with Crippen LogP contribution in [0.15, 0.2) is 48.5 Å². The predicted octanol–water partition coefficient (Wildman–Crippen LogP) is 3.37. The highest BCUT2D eigenvalue weighted by Crippen LogP contribution is 2.19.